The first kappa shape index (κ1) is 16.1. The fraction of sp³-hybridized carbons (Fsp3) is 0.267. The molecular formula is C15H14FN5O2. The molecule has 1 aromatic carbocycles. The Kier molecular flexibility index (Phi) is 4.37. The molecule has 2 rings (SSSR count). The van der Waals surface area contributed by atoms with Gasteiger partial charge in [0.15, 0.2) is 17.7 Å². The van der Waals surface area contributed by atoms with E-state index in [2.05, 4.69) is 16.4 Å². The monoisotopic (exact) mass is 315 g/mol. The van der Waals surface area contributed by atoms with Gasteiger partial charge in [0.1, 0.15) is 17.5 Å². The molecule has 1 unspecified atom stereocenters. The van der Waals surface area contributed by atoms with Crippen LogP contribution in [-0.4, -0.2) is 27.6 Å². The molecule has 0 amide bonds. The second kappa shape index (κ2) is 6.24. The maximum Gasteiger partial charge on any atom is 0.369 e. The summed E-state index contributed by atoms with van der Waals surface area (Å²) in [5.74, 6) is 2.00. The van der Waals surface area contributed by atoms with Crippen molar-refractivity contribution in [2.45, 2.75) is 20.0 Å². The van der Waals surface area contributed by atoms with Gasteiger partial charge in [-0.05, 0) is 19.9 Å². The number of hydrogen-bond acceptors (Lipinski definition) is 5. The molecule has 2 aromatic rings. The fourth-order valence-corrected chi connectivity index (χ4v) is 1.99. The van der Waals surface area contributed by atoms with Gasteiger partial charge in [0, 0.05) is 13.1 Å². The van der Waals surface area contributed by atoms with Crippen LogP contribution in [0.15, 0.2) is 16.9 Å². The lowest BCUT2D eigenvalue weighted by molar-refractivity contribution is 0.277. The number of benzene rings is 1. The number of nitrogens with zero attached hydrogens (tertiary/aromatic N) is 4. The van der Waals surface area contributed by atoms with E-state index < -0.39 is 17.6 Å². The van der Waals surface area contributed by atoms with E-state index in [1.54, 1.807) is 20.9 Å². The van der Waals surface area contributed by atoms with Crippen LogP contribution in [0.1, 0.15) is 18.3 Å². The minimum atomic E-state index is -0.773. The van der Waals surface area contributed by atoms with Gasteiger partial charge < -0.3 is 10.2 Å². The van der Waals surface area contributed by atoms with Crippen LogP contribution in [0.3, 0.4) is 0 Å². The van der Waals surface area contributed by atoms with Crippen molar-refractivity contribution in [2.75, 3.05) is 12.5 Å². The highest BCUT2D eigenvalue weighted by Crippen LogP contribution is 2.25. The highest BCUT2D eigenvalue weighted by Gasteiger charge is 2.18. The number of rotatable bonds is 4. The van der Waals surface area contributed by atoms with Gasteiger partial charge in [-0.3, -0.25) is 0 Å². The first-order valence-corrected chi connectivity index (χ1v) is 6.66. The van der Waals surface area contributed by atoms with E-state index >= 15 is 0 Å². The van der Waals surface area contributed by atoms with Crippen LogP contribution in [0, 0.1) is 36.4 Å². The topological polar surface area (TPSA) is 84.9 Å². The molecule has 1 atom stereocenters. The van der Waals surface area contributed by atoms with Gasteiger partial charge in [0.25, 0.3) is 0 Å². The van der Waals surface area contributed by atoms with E-state index in [-0.39, 0.29) is 17.0 Å². The molecule has 7 nitrogen and oxygen atoms in total. The third kappa shape index (κ3) is 2.87. The van der Waals surface area contributed by atoms with Crippen molar-refractivity contribution in [1.82, 2.24) is 14.5 Å². The molecule has 1 heterocycles. The zero-order chi connectivity index (χ0) is 17.1. The Bertz CT molecular complexity index is 885. The Hall–Kier alpha value is -3.26. The summed E-state index contributed by atoms with van der Waals surface area (Å²) < 4.78 is 21.7. The minimum absolute atomic E-state index is 0.0221. The molecule has 0 fully saturated rings. The molecule has 118 valence electrons. The number of hydrogen-bond donors (Lipinski definition) is 1. The zero-order valence-electron chi connectivity index (χ0n) is 12.8. The lowest BCUT2D eigenvalue weighted by atomic mass is 10.2. The van der Waals surface area contributed by atoms with Crippen LogP contribution in [0.2, 0.25) is 0 Å². The highest BCUT2D eigenvalue weighted by atomic mass is 19.1. The van der Waals surface area contributed by atoms with Gasteiger partial charge in [-0.1, -0.05) is 5.92 Å². The van der Waals surface area contributed by atoms with E-state index in [4.69, 9.17) is 16.4 Å². The van der Waals surface area contributed by atoms with E-state index in [0.29, 0.717) is 5.82 Å². The van der Waals surface area contributed by atoms with Crippen LogP contribution in [0.4, 0.5) is 4.39 Å². The van der Waals surface area contributed by atoms with E-state index in [0.717, 1.165) is 15.4 Å². The SMILES string of the molecule is C#CC(C)Oc1cc(-n2nc(C)n(NC)c2=O)c(F)cc1C#N. The predicted molar refractivity (Wildman–Crippen MR) is 81.4 cm³/mol. The van der Waals surface area contributed by atoms with Crippen molar-refractivity contribution in [2.24, 2.45) is 0 Å². The Morgan fingerprint density at radius 1 is 1.52 bits per heavy atom. The number of ether oxygens (including phenoxy) is 1. The molecule has 0 aliphatic carbocycles. The molecule has 0 aliphatic heterocycles. The summed E-state index contributed by atoms with van der Waals surface area (Å²) in [6, 6.07) is 4.04. The maximum absolute atomic E-state index is 14.3. The largest absolute Gasteiger partial charge is 0.477 e. The third-order valence-electron chi connectivity index (χ3n) is 3.10. The maximum atomic E-state index is 14.3. The summed E-state index contributed by atoms with van der Waals surface area (Å²) in [5.41, 5.74) is 1.90. The van der Waals surface area contributed by atoms with Gasteiger partial charge in [-0.15, -0.1) is 11.5 Å². The summed E-state index contributed by atoms with van der Waals surface area (Å²) >= 11 is 0. The molecule has 0 aliphatic rings. The number of nitriles is 1. The number of nitrogens with one attached hydrogen (secondary N) is 1. The van der Waals surface area contributed by atoms with Crippen LogP contribution in [0.25, 0.3) is 5.69 Å². The quantitative estimate of drug-likeness (QED) is 0.848. The second-order valence-corrected chi connectivity index (χ2v) is 4.64. The molecule has 8 heteroatoms. The number of aromatic nitrogens is 3. The van der Waals surface area contributed by atoms with Gasteiger partial charge in [-0.25, -0.2) is 9.18 Å². The Balaban J connectivity index is 2.65. The normalized spacial score (nSPS) is 11.4. The Labute approximate surface area is 131 Å². The standard InChI is InChI=1S/C15H14FN5O2/c1-5-9(2)23-14-7-13(12(16)6-11(14)8-17)21-15(22)20(18-4)10(3)19-21/h1,6-7,9,18H,2-4H3. The van der Waals surface area contributed by atoms with E-state index in [9.17, 15) is 9.18 Å². The summed E-state index contributed by atoms with van der Waals surface area (Å²) in [7, 11) is 1.54. The summed E-state index contributed by atoms with van der Waals surface area (Å²) in [6.07, 6.45) is 4.63. The highest BCUT2D eigenvalue weighted by molar-refractivity contribution is 5.51. The molecule has 0 bridgehead atoms. The Morgan fingerprint density at radius 3 is 2.74 bits per heavy atom. The van der Waals surface area contributed by atoms with Crippen molar-refractivity contribution in [3.05, 3.63) is 39.8 Å². The van der Waals surface area contributed by atoms with Crippen LogP contribution in [0.5, 0.6) is 5.75 Å². The average Bonchev–Trinajstić information content (AvgIpc) is 2.82. The van der Waals surface area contributed by atoms with Crippen LogP contribution in [-0.2, 0) is 0 Å². The van der Waals surface area contributed by atoms with Gasteiger partial charge in [0.05, 0.1) is 5.56 Å². The van der Waals surface area contributed by atoms with Crippen LogP contribution >= 0.6 is 0 Å². The van der Waals surface area contributed by atoms with Crippen molar-refractivity contribution in [1.29, 1.82) is 5.26 Å². The molecular weight excluding hydrogens is 301 g/mol. The van der Waals surface area contributed by atoms with Gasteiger partial charge in [-0.2, -0.15) is 14.6 Å². The molecule has 23 heavy (non-hydrogen) atoms. The lowest BCUT2D eigenvalue weighted by Gasteiger charge is -2.12. The number of halogens is 1. The van der Waals surface area contributed by atoms with Gasteiger partial charge in [0.2, 0.25) is 0 Å². The average molecular weight is 315 g/mol. The lowest BCUT2D eigenvalue weighted by Crippen LogP contribution is -2.29. The Morgan fingerprint density at radius 2 is 2.22 bits per heavy atom. The fourth-order valence-electron chi connectivity index (χ4n) is 1.99. The van der Waals surface area contributed by atoms with Crippen molar-refractivity contribution in [3.63, 3.8) is 0 Å². The van der Waals surface area contributed by atoms with E-state index in [1.165, 1.54) is 6.07 Å². The minimum Gasteiger partial charge on any atom is -0.477 e. The number of aryl methyl sites for hydroxylation is 1. The van der Waals surface area contributed by atoms with E-state index in [1.807, 2.05) is 6.07 Å². The number of terminal acetylenes is 1. The molecule has 0 radical (unpaired) electrons. The van der Waals surface area contributed by atoms with Crippen molar-refractivity contribution >= 4 is 0 Å². The molecule has 1 aromatic heterocycles. The molecule has 0 saturated heterocycles. The summed E-state index contributed by atoms with van der Waals surface area (Å²) in [5, 5.41) is 13.1. The van der Waals surface area contributed by atoms with Crippen molar-refractivity contribution in [3.8, 4) is 29.8 Å². The van der Waals surface area contributed by atoms with Crippen molar-refractivity contribution < 1.29 is 9.13 Å². The van der Waals surface area contributed by atoms with Gasteiger partial charge >= 0.3 is 5.69 Å². The van der Waals surface area contributed by atoms with Crippen LogP contribution < -0.4 is 15.9 Å². The first-order valence-electron chi connectivity index (χ1n) is 6.66. The molecule has 1 N–H and O–H groups in total. The summed E-state index contributed by atoms with van der Waals surface area (Å²) in [4.78, 5) is 12.2. The third-order valence-corrected chi connectivity index (χ3v) is 3.10. The second-order valence-electron chi connectivity index (χ2n) is 4.64. The first-order chi connectivity index (χ1) is 10.9. The molecule has 0 saturated carbocycles. The summed E-state index contributed by atoms with van der Waals surface area (Å²) in [6.45, 7) is 3.20. The molecule has 0 spiro atoms. The predicted octanol–water partition coefficient (Wildman–Crippen LogP) is 0.927. The smallest absolute Gasteiger partial charge is 0.369 e. The zero-order valence-corrected chi connectivity index (χ0v) is 12.8.